The highest BCUT2D eigenvalue weighted by Gasteiger charge is 2.17. The molecule has 4 aromatic rings. The van der Waals surface area contributed by atoms with E-state index in [-0.39, 0.29) is 12.2 Å². The molecule has 11 heteroatoms. The molecule has 11 nitrogen and oxygen atoms in total. The van der Waals surface area contributed by atoms with E-state index in [9.17, 15) is 14.9 Å². The number of benzene rings is 2. The first-order valence-corrected chi connectivity index (χ1v) is 9.44. The van der Waals surface area contributed by atoms with E-state index in [1.54, 1.807) is 24.3 Å². The number of methoxy groups -OCH3 is 3. The van der Waals surface area contributed by atoms with Gasteiger partial charge >= 0.3 is 5.69 Å². The van der Waals surface area contributed by atoms with Gasteiger partial charge in [0.05, 0.1) is 44.7 Å². The van der Waals surface area contributed by atoms with Gasteiger partial charge in [-0.15, -0.1) is 0 Å². The number of nitrogens with one attached hydrogen (secondary N) is 1. The van der Waals surface area contributed by atoms with E-state index in [1.807, 2.05) is 0 Å². The number of fused-ring (bicyclic) bond motifs is 1. The zero-order valence-corrected chi connectivity index (χ0v) is 17.5. The van der Waals surface area contributed by atoms with Crippen LogP contribution in [0.15, 0.2) is 47.4 Å². The lowest BCUT2D eigenvalue weighted by Crippen LogP contribution is -2.17. The number of hydrogen-bond acceptors (Lipinski definition) is 8. The van der Waals surface area contributed by atoms with Crippen LogP contribution in [0.4, 0.5) is 5.69 Å². The molecule has 0 radical (unpaired) electrons. The number of nitrogens with zero attached hydrogens (tertiary/aromatic N) is 4. The molecule has 1 N–H and O–H groups in total. The molecule has 0 amide bonds. The van der Waals surface area contributed by atoms with Crippen LogP contribution in [0.2, 0.25) is 0 Å². The molecule has 164 valence electrons. The fraction of sp³-hybridized carbons (Fsp3) is 0.190. The number of nitro benzene ring substituents is 1. The lowest BCUT2D eigenvalue weighted by Gasteiger charge is -2.14. The van der Waals surface area contributed by atoms with Crippen molar-refractivity contribution >= 4 is 17.0 Å². The lowest BCUT2D eigenvalue weighted by molar-refractivity contribution is -0.384. The van der Waals surface area contributed by atoms with Crippen molar-refractivity contribution < 1.29 is 19.1 Å². The summed E-state index contributed by atoms with van der Waals surface area (Å²) >= 11 is 0. The summed E-state index contributed by atoms with van der Waals surface area (Å²) in [5.41, 5.74) is 1.84. The van der Waals surface area contributed by atoms with Crippen molar-refractivity contribution in [1.29, 1.82) is 0 Å². The molecule has 2 aromatic carbocycles. The molecule has 0 unspecified atom stereocenters. The molecular weight excluding hydrogens is 418 g/mol. The van der Waals surface area contributed by atoms with Crippen LogP contribution in [0.5, 0.6) is 17.2 Å². The number of non-ortho nitro benzene ring substituents is 1. The Kier molecular flexibility index (Phi) is 5.46. The average molecular weight is 437 g/mol. The molecule has 2 aromatic heterocycles. The Labute approximate surface area is 181 Å². The normalized spacial score (nSPS) is 10.8. The third-order valence-electron chi connectivity index (χ3n) is 4.90. The van der Waals surface area contributed by atoms with Gasteiger partial charge in [0.2, 0.25) is 5.75 Å². The predicted molar refractivity (Wildman–Crippen MR) is 115 cm³/mol. The van der Waals surface area contributed by atoms with Crippen LogP contribution >= 0.6 is 0 Å². The maximum atomic E-state index is 12.5. The third-order valence-corrected chi connectivity index (χ3v) is 4.90. The Morgan fingerprint density at radius 1 is 1.09 bits per heavy atom. The van der Waals surface area contributed by atoms with Crippen LogP contribution in [0.25, 0.3) is 22.6 Å². The van der Waals surface area contributed by atoms with Gasteiger partial charge < -0.3 is 14.2 Å². The first kappa shape index (κ1) is 20.8. The SMILES string of the molecule is COc1cc(-c2cnc3[nH]c(=O)n(Cc4cccc([N+](=O)[O-])c4)c3n2)cc(OC)c1OC. The average Bonchev–Trinajstić information content (AvgIpc) is 3.12. The van der Waals surface area contributed by atoms with Crippen molar-refractivity contribution in [3.8, 4) is 28.5 Å². The molecule has 0 aliphatic carbocycles. The van der Waals surface area contributed by atoms with E-state index in [0.717, 1.165) is 0 Å². The summed E-state index contributed by atoms with van der Waals surface area (Å²) in [4.78, 5) is 34.7. The lowest BCUT2D eigenvalue weighted by atomic mass is 10.1. The molecule has 0 bridgehead atoms. The second-order valence-electron chi connectivity index (χ2n) is 6.78. The van der Waals surface area contributed by atoms with E-state index in [2.05, 4.69) is 15.0 Å². The quantitative estimate of drug-likeness (QED) is 0.344. The monoisotopic (exact) mass is 437 g/mol. The highest BCUT2D eigenvalue weighted by atomic mass is 16.6. The van der Waals surface area contributed by atoms with Crippen molar-refractivity contribution in [2.75, 3.05) is 21.3 Å². The second-order valence-corrected chi connectivity index (χ2v) is 6.78. The molecule has 0 atom stereocenters. The van der Waals surface area contributed by atoms with Crippen molar-refractivity contribution in [1.82, 2.24) is 19.5 Å². The Morgan fingerprint density at radius 3 is 2.44 bits per heavy atom. The Morgan fingerprint density at radius 2 is 1.81 bits per heavy atom. The van der Waals surface area contributed by atoms with Crippen molar-refractivity contribution in [3.05, 3.63) is 68.8 Å². The maximum Gasteiger partial charge on any atom is 0.329 e. The van der Waals surface area contributed by atoms with E-state index in [0.29, 0.717) is 45.4 Å². The summed E-state index contributed by atoms with van der Waals surface area (Å²) in [5.74, 6) is 1.34. The fourth-order valence-corrected chi connectivity index (χ4v) is 3.39. The van der Waals surface area contributed by atoms with Gasteiger partial charge in [-0.05, 0) is 17.7 Å². The molecule has 0 aliphatic heterocycles. The van der Waals surface area contributed by atoms with Crippen molar-refractivity contribution in [3.63, 3.8) is 0 Å². The minimum Gasteiger partial charge on any atom is -0.493 e. The highest BCUT2D eigenvalue weighted by Crippen LogP contribution is 2.40. The summed E-state index contributed by atoms with van der Waals surface area (Å²) in [6.07, 6.45) is 1.52. The Balaban J connectivity index is 1.81. The summed E-state index contributed by atoms with van der Waals surface area (Å²) in [6.45, 7) is 0.0912. The molecule has 0 saturated heterocycles. The van der Waals surface area contributed by atoms with E-state index >= 15 is 0 Å². The van der Waals surface area contributed by atoms with Gasteiger partial charge in [0.25, 0.3) is 5.69 Å². The number of hydrogen-bond donors (Lipinski definition) is 1. The van der Waals surface area contributed by atoms with Crippen LogP contribution in [0, 0.1) is 10.1 Å². The van der Waals surface area contributed by atoms with Gasteiger partial charge in [0, 0.05) is 17.7 Å². The summed E-state index contributed by atoms with van der Waals surface area (Å²) in [6, 6.07) is 9.54. The summed E-state index contributed by atoms with van der Waals surface area (Å²) in [7, 11) is 4.54. The van der Waals surface area contributed by atoms with Crippen LogP contribution in [-0.4, -0.2) is 45.8 Å². The van der Waals surface area contributed by atoms with Gasteiger partial charge in [0.1, 0.15) is 0 Å². The van der Waals surface area contributed by atoms with Gasteiger partial charge in [-0.2, -0.15) is 0 Å². The zero-order chi connectivity index (χ0) is 22.8. The highest BCUT2D eigenvalue weighted by molar-refractivity contribution is 5.73. The van der Waals surface area contributed by atoms with E-state index < -0.39 is 10.6 Å². The molecule has 4 rings (SSSR count). The van der Waals surface area contributed by atoms with Crippen LogP contribution < -0.4 is 19.9 Å². The first-order chi connectivity index (χ1) is 15.4. The standard InChI is InChI=1S/C21H19N5O6/c1-30-16-8-13(9-17(31-2)18(16)32-3)15-10-22-19-20(23-15)25(21(27)24-19)11-12-5-4-6-14(7-12)26(28)29/h4-10H,11H2,1-3H3,(H,22,24,27). The maximum absolute atomic E-state index is 12.5. The van der Waals surface area contributed by atoms with Gasteiger partial charge in [0.15, 0.2) is 22.8 Å². The number of aromatic amines is 1. The molecule has 32 heavy (non-hydrogen) atoms. The second kappa shape index (κ2) is 8.38. The Hall–Kier alpha value is -4.41. The number of nitro groups is 1. The topological polar surface area (TPSA) is 134 Å². The largest absolute Gasteiger partial charge is 0.493 e. The summed E-state index contributed by atoms with van der Waals surface area (Å²) in [5, 5.41) is 11.1. The molecular formula is C21H19N5O6. The van der Waals surface area contributed by atoms with E-state index in [1.165, 1.54) is 44.2 Å². The number of H-pyrrole nitrogens is 1. The molecule has 2 heterocycles. The van der Waals surface area contributed by atoms with Crippen LogP contribution in [0.3, 0.4) is 0 Å². The third kappa shape index (κ3) is 3.71. The number of imidazole rings is 1. The molecule has 0 fully saturated rings. The van der Waals surface area contributed by atoms with Crippen molar-refractivity contribution in [2.24, 2.45) is 0 Å². The minimum absolute atomic E-state index is 0.0559. The van der Waals surface area contributed by atoms with Crippen LogP contribution in [0.1, 0.15) is 5.56 Å². The first-order valence-electron chi connectivity index (χ1n) is 9.44. The number of rotatable bonds is 7. The van der Waals surface area contributed by atoms with Gasteiger partial charge in [-0.1, -0.05) is 12.1 Å². The van der Waals surface area contributed by atoms with Gasteiger partial charge in [-0.3, -0.25) is 19.7 Å². The van der Waals surface area contributed by atoms with E-state index in [4.69, 9.17) is 14.2 Å². The Bertz CT molecular complexity index is 1350. The number of aromatic nitrogens is 4. The molecule has 0 aliphatic rings. The smallest absolute Gasteiger partial charge is 0.329 e. The molecule has 0 spiro atoms. The summed E-state index contributed by atoms with van der Waals surface area (Å²) < 4.78 is 17.5. The van der Waals surface area contributed by atoms with Gasteiger partial charge in [-0.25, -0.2) is 14.8 Å². The zero-order valence-electron chi connectivity index (χ0n) is 17.5. The minimum atomic E-state index is -0.482. The predicted octanol–water partition coefficient (Wildman–Crippen LogP) is 2.77. The fourth-order valence-electron chi connectivity index (χ4n) is 3.39. The van der Waals surface area contributed by atoms with Crippen LogP contribution in [-0.2, 0) is 6.54 Å². The van der Waals surface area contributed by atoms with Crippen molar-refractivity contribution in [2.45, 2.75) is 6.54 Å². The number of ether oxygens (including phenoxy) is 3. The molecule has 0 saturated carbocycles.